The zero-order valence-electron chi connectivity index (χ0n) is 18.2. The molecule has 0 fully saturated rings. The fourth-order valence-electron chi connectivity index (χ4n) is 3.24. The molecule has 0 heterocycles. The van der Waals surface area contributed by atoms with E-state index in [0.717, 1.165) is 5.56 Å². The van der Waals surface area contributed by atoms with Gasteiger partial charge >= 0.3 is 5.97 Å². The van der Waals surface area contributed by atoms with E-state index in [9.17, 15) is 18.0 Å². The molecule has 0 aromatic heterocycles. The summed E-state index contributed by atoms with van der Waals surface area (Å²) in [5.74, 6) is -1.46. The topological polar surface area (TPSA) is 127 Å². The molecule has 0 spiro atoms. The smallest absolute Gasteiger partial charge is 0.341 e. The molecule has 3 aromatic rings. The molecule has 0 aliphatic rings. The van der Waals surface area contributed by atoms with Gasteiger partial charge in [0.05, 0.1) is 4.90 Å². The van der Waals surface area contributed by atoms with Gasteiger partial charge in [-0.05, 0) is 54.4 Å². The quantitative estimate of drug-likeness (QED) is 0.497. The molecule has 33 heavy (non-hydrogen) atoms. The molecular weight excluding hydrogens is 444 g/mol. The molecule has 172 valence electrons. The Bertz CT molecular complexity index is 1290. The average molecular weight is 469 g/mol. The summed E-state index contributed by atoms with van der Waals surface area (Å²) in [7, 11) is -2.23. The van der Waals surface area contributed by atoms with E-state index in [2.05, 4.69) is 0 Å². The minimum Gasteiger partial charge on any atom is -0.481 e. The zero-order chi connectivity index (χ0) is 24.2. The van der Waals surface area contributed by atoms with Crippen molar-refractivity contribution in [1.82, 2.24) is 4.31 Å². The van der Waals surface area contributed by atoms with Crippen LogP contribution in [-0.2, 0) is 21.4 Å². The van der Waals surface area contributed by atoms with Crippen LogP contribution in [0.4, 0.5) is 0 Å². The second kappa shape index (κ2) is 9.85. The van der Waals surface area contributed by atoms with E-state index in [0.29, 0.717) is 16.7 Å². The van der Waals surface area contributed by atoms with Gasteiger partial charge in [-0.25, -0.2) is 13.2 Å². The van der Waals surface area contributed by atoms with Crippen LogP contribution >= 0.6 is 0 Å². The van der Waals surface area contributed by atoms with E-state index in [1.165, 1.54) is 11.4 Å². The maximum absolute atomic E-state index is 13.0. The molecule has 0 saturated carbocycles. The number of aliphatic carboxylic acids is 1. The van der Waals surface area contributed by atoms with Crippen LogP contribution in [0, 0.1) is 6.92 Å². The van der Waals surface area contributed by atoms with Crippen molar-refractivity contribution in [2.75, 3.05) is 13.7 Å². The minimum absolute atomic E-state index is 0.0674. The van der Waals surface area contributed by atoms with Crippen LogP contribution < -0.4 is 10.5 Å². The summed E-state index contributed by atoms with van der Waals surface area (Å²) in [6.07, 6.45) is 0. The number of hydrogen-bond donors (Lipinski definition) is 2. The molecule has 3 rings (SSSR count). The van der Waals surface area contributed by atoms with Gasteiger partial charge in [0.1, 0.15) is 5.75 Å². The first-order valence-corrected chi connectivity index (χ1v) is 11.4. The molecular formula is C24H24N2O6S. The normalized spacial score (nSPS) is 11.4. The summed E-state index contributed by atoms with van der Waals surface area (Å²) in [5.41, 5.74) is 8.36. The van der Waals surface area contributed by atoms with Gasteiger partial charge < -0.3 is 15.6 Å². The van der Waals surface area contributed by atoms with Crippen LogP contribution in [0.1, 0.15) is 21.5 Å². The third-order valence-corrected chi connectivity index (χ3v) is 6.81. The fraction of sp³-hybridized carbons (Fsp3) is 0.167. The highest BCUT2D eigenvalue weighted by Gasteiger charge is 2.21. The number of ether oxygens (including phenoxy) is 1. The van der Waals surface area contributed by atoms with E-state index in [1.807, 2.05) is 6.92 Å². The summed E-state index contributed by atoms with van der Waals surface area (Å²) in [6.45, 7) is 1.39. The third-order valence-electron chi connectivity index (χ3n) is 4.99. The standard InChI is InChI=1S/C24H24N2O6S/c1-16-6-9-20(10-7-16)33(30,31)26(2)14-17-8-11-22(32-15-23(27)28)21(12-17)18-4-3-5-19(13-18)24(25)29/h3-13H,14-15H2,1-2H3,(H2,25,29)(H,27,28). The van der Waals surface area contributed by atoms with Gasteiger partial charge in [-0.3, -0.25) is 4.79 Å². The number of carbonyl (C=O) groups excluding carboxylic acids is 1. The van der Waals surface area contributed by atoms with Crippen molar-refractivity contribution in [2.24, 2.45) is 5.73 Å². The summed E-state index contributed by atoms with van der Waals surface area (Å²) < 4.78 is 32.5. The number of nitrogens with zero attached hydrogens (tertiary/aromatic N) is 1. The first kappa shape index (κ1) is 24.0. The molecule has 1 amide bonds. The Morgan fingerprint density at radius 2 is 1.73 bits per heavy atom. The first-order valence-electron chi connectivity index (χ1n) is 9.98. The molecule has 0 aliphatic heterocycles. The molecule has 0 aliphatic carbocycles. The van der Waals surface area contributed by atoms with Crippen LogP contribution in [0.15, 0.2) is 71.6 Å². The number of rotatable bonds is 9. The fourth-order valence-corrected chi connectivity index (χ4v) is 4.40. The number of primary amides is 1. The molecule has 3 aromatic carbocycles. The number of aryl methyl sites for hydroxylation is 1. The average Bonchev–Trinajstić information content (AvgIpc) is 2.78. The predicted octanol–water partition coefficient (Wildman–Crippen LogP) is 3.05. The van der Waals surface area contributed by atoms with Crippen molar-refractivity contribution >= 4 is 21.9 Å². The second-order valence-electron chi connectivity index (χ2n) is 7.53. The largest absolute Gasteiger partial charge is 0.481 e. The Labute approximate surface area is 192 Å². The van der Waals surface area contributed by atoms with Crippen LogP contribution in [0.2, 0.25) is 0 Å². The van der Waals surface area contributed by atoms with Crippen LogP contribution in [0.25, 0.3) is 11.1 Å². The Balaban J connectivity index is 1.97. The van der Waals surface area contributed by atoms with Crippen molar-refractivity contribution in [3.63, 3.8) is 0 Å². The third kappa shape index (κ3) is 5.76. The lowest BCUT2D eigenvalue weighted by Crippen LogP contribution is -2.26. The molecule has 0 bridgehead atoms. The molecule has 0 saturated heterocycles. The number of benzene rings is 3. The van der Waals surface area contributed by atoms with Crippen molar-refractivity contribution in [1.29, 1.82) is 0 Å². The lowest BCUT2D eigenvalue weighted by molar-refractivity contribution is -0.139. The van der Waals surface area contributed by atoms with Gasteiger partial charge in [-0.1, -0.05) is 35.9 Å². The van der Waals surface area contributed by atoms with Gasteiger partial charge in [0.15, 0.2) is 6.61 Å². The van der Waals surface area contributed by atoms with Gasteiger partial charge in [-0.2, -0.15) is 4.31 Å². The highest BCUT2D eigenvalue weighted by Crippen LogP contribution is 2.32. The van der Waals surface area contributed by atoms with Gasteiger partial charge in [0.2, 0.25) is 15.9 Å². The van der Waals surface area contributed by atoms with Crippen molar-refractivity contribution in [3.8, 4) is 16.9 Å². The lowest BCUT2D eigenvalue weighted by atomic mass is 9.99. The Kier molecular flexibility index (Phi) is 7.15. The summed E-state index contributed by atoms with van der Waals surface area (Å²) >= 11 is 0. The van der Waals surface area contributed by atoms with Crippen molar-refractivity contribution in [2.45, 2.75) is 18.4 Å². The number of nitrogens with two attached hydrogens (primary N) is 1. The number of carboxylic acids is 1. The van der Waals surface area contributed by atoms with Crippen LogP contribution in [-0.4, -0.2) is 43.4 Å². The zero-order valence-corrected chi connectivity index (χ0v) is 19.0. The molecule has 3 N–H and O–H groups in total. The van der Waals surface area contributed by atoms with Crippen LogP contribution in [0.3, 0.4) is 0 Å². The SMILES string of the molecule is Cc1ccc(S(=O)(=O)N(C)Cc2ccc(OCC(=O)O)c(-c3cccc(C(N)=O)c3)c2)cc1. The maximum atomic E-state index is 13.0. The molecule has 8 nitrogen and oxygen atoms in total. The first-order chi connectivity index (χ1) is 15.6. The number of carboxylic acid groups (broad SMARTS) is 1. The highest BCUT2D eigenvalue weighted by molar-refractivity contribution is 7.89. The molecule has 0 radical (unpaired) electrons. The molecule has 0 atom stereocenters. The van der Waals surface area contributed by atoms with Crippen molar-refractivity contribution < 1.29 is 27.9 Å². The van der Waals surface area contributed by atoms with Crippen LogP contribution in [0.5, 0.6) is 5.75 Å². The summed E-state index contributed by atoms with van der Waals surface area (Å²) in [6, 6.07) is 18.1. The van der Waals surface area contributed by atoms with Crippen molar-refractivity contribution in [3.05, 3.63) is 83.4 Å². The van der Waals surface area contributed by atoms with Gasteiger partial charge in [-0.15, -0.1) is 0 Å². The lowest BCUT2D eigenvalue weighted by Gasteiger charge is -2.19. The van der Waals surface area contributed by atoms with E-state index in [4.69, 9.17) is 15.6 Å². The molecule has 9 heteroatoms. The second-order valence-corrected chi connectivity index (χ2v) is 9.58. The monoisotopic (exact) mass is 468 g/mol. The van der Waals surface area contributed by atoms with Gasteiger partial charge in [0, 0.05) is 24.7 Å². The Morgan fingerprint density at radius 3 is 2.36 bits per heavy atom. The minimum atomic E-state index is -3.72. The Hall–Kier alpha value is -3.69. The predicted molar refractivity (Wildman–Crippen MR) is 123 cm³/mol. The number of carbonyl (C=O) groups is 2. The van der Waals surface area contributed by atoms with E-state index >= 15 is 0 Å². The Morgan fingerprint density at radius 1 is 1.03 bits per heavy atom. The summed E-state index contributed by atoms with van der Waals surface area (Å²) in [4.78, 5) is 22.8. The summed E-state index contributed by atoms with van der Waals surface area (Å²) in [5, 5.41) is 8.98. The highest BCUT2D eigenvalue weighted by atomic mass is 32.2. The number of amides is 1. The van der Waals surface area contributed by atoms with Gasteiger partial charge in [0.25, 0.3) is 0 Å². The van der Waals surface area contributed by atoms with E-state index in [-0.39, 0.29) is 22.8 Å². The molecule has 0 unspecified atom stereocenters. The number of sulfonamides is 1. The van der Waals surface area contributed by atoms with E-state index < -0.39 is 28.5 Å². The van der Waals surface area contributed by atoms with E-state index in [1.54, 1.807) is 66.7 Å². The maximum Gasteiger partial charge on any atom is 0.341 e. The number of hydrogen-bond acceptors (Lipinski definition) is 5.